The summed E-state index contributed by atoms with van der Waals surface area (Å²) in [5.41, 5.74) is 2.06. The lowest BCUT2D eigenvalue weighted by Crippen LogP contribution is -2.30. The molecule has 1 saturated carbocycles. The van der Waals surface area contributed by atoms with Crippen LogP contribution in [0, 0.1) is 17.8 Å². The zero-order chi connectivity index (χ0) is 16.7. The van der Waals surface area contributed by atoms with E-state index in [9.17, 15) is 14.7 Å². The van der Waals surface area contributed by atoms with Gasteiger partial charge in [-0.1, -0.05) is 30.3 Å². The Morgan fingerprint density at radius 3 is 2.58 bits per heavy atom. The molecule has 1 amide bonds. The average Bonchev–Trinajstić information content (AvgIpc) is 3.15. The standard InChI is InChI=1S/C18H19N3O3/c22-17(16-8-15(19-20-16)12-4-2-1-3-5-12)21-9-13(11-6-7-11)14(10-21)18(23)24/h1-5,8,11,13-14H,6-7,9-10H2,(H,19,20)(H,23,24)/t13-,14+/m1/s1. The van der Waals surface area contributed by atoms with Crippen molar-refractivity contribution >= 4 is 11.9 Å². The number of nitrogens with zero attached hydrogens (tertiary/aromatic N) is 2. The molecule has 0 unspecified atom stereocenters. The molecule has 4 rings (SSSR count). The Bertz CT molecular complexity index is 767. The van der Waals surface area contributed by atoms with E-state index in [1.165, 1.54) is 0 Å². The summed E-state index contributed by atoms with van der Waals surface area (Å²) in [6.07, 6.45) is 2.16. The molecule has 2 N–H and O–H groups in total. The molecule has 2 aliphatic rings. The van der Waals surface area contributed by atoms with Crippen LogP contribution in [0.15, 0.2) is 36.4 Å². The van der Waals surface area contributed by atoms with E-state index >= 15 is 0 Å². The minimum Gasteiger partial charge on any atom is -0.481 e. The number of hydrogen-bond acceptors (Lipinski definition) is 3. The molecule has 1 aliphatic heterocycles. The van der Waals surface area contributed by atoms with Gasteiger partial charge in [-0.15, -0.1) is 0 Å². The zero-order valence-corrected chi connectivity index (χ0v) is 13.2. The fourth-order valence-corrected chi connectivity index (χ4v) is 3.62. The normalized spacial score (nSPS) is 23.4. The lowest BCUT2D eigenvalue weighted by molar-refractivity contribution is -0.142. The first-order valence-electron chi connectivity index (χ1n) is 8.26. The monoisotopic (exact) mass is 325 g/mol. The molecule has 0 spiro atoms. The van der Waals surface area contributed by atoms with Crippen LogP contribution in [0.1, 0.15) is 23.3 Å². The number of H-pyrrole nitrogens is 1. The summed E-state index contributed by atoms with van der Waals surface area (Å²) in [5, 5.41) is 16.4. The summed E-state index contributed by atoms with van der Waals surface area (Å²) in [7, 11) is 0. The van der Waals surface area contributed by atoms with Gasteiger partial charge < -0.3 is 10.0 Å². The largest absolute Gasteiger partial charge is 0.481 e. The maximum absolute atomic E-state index is 12.7. The van der Waals surface area contributed by atoms with Gasteiger partial charge in [-0.3, -0.25) is 14.7 Å². The van der Waals surface area contributed by atoms with E-state index in [0.717, 1.165) is 18.4 Å². The molecule has 6 nitrogen and oxygen atoms in total. The number of likely N-dealkylation sites (tertiary alicyclic amines) is 1. The second kappa shape index (κ2) is 5.78. The van der Waals surface area contributed by atoms with Crippen LogP contribution in [-0.4, -0.2) is 45.2 Å². The number of aromatic nitrogens is 2. The van der Waals surface area contributed by atoms with Gasteiger partial charge in [0.05, 0.1) is 11.6 Å². The molecule has 2 aromatic rings. The summed E-state index contributed by atoms with van der Waals surface area (Å²) >= 11 is 0. The number of nitrogens with one attached hydrogen (secondary N) is 1. The molecule has 0 bridgehead atoms. The van der Waals surface area contributed by atoms with Gasteiger partial charge in [-0.2, -0.15) is 5.10 Å². The van der Waals surface area contributed by atoms with Crippen LogP contribution in [-0.2, 0) is 4.79 Å². The molecule has 2 fully saturated rings. The molecule has 2 atom stereocenters. The maximum atomic E-state index is 12.7. The third kappa shape index (κ3) is 2.68. The topological polar surface area (TPSA) is 86.3 Å². The van der Waals surface area contributed by atoms with E-state index in [-0.39, 0.29) is 18.4 Å². The van der Waals surface area contributed by atoms with Crippen LogP contribution in [0.4, 0.5) is 0 Å². The van der Waals surface area contributed by atoms with Crippen molar-refractivity contribution in [2.75, 3.05) is 13.1 Å². The van der Waals surface area contributed by atoms with Crippen molar-refractivity contribution in [1.82, 2.24) is 15.1 Å². The van der Waals surface area contributed by atoms with Crippen LogP contribution in [0.3, 0.4) is 0 Å². The fourth-order valence-electron chi connectivity index (χ4n) is 3.62. The van der Waals surface area contributed by atoms with Crippen molar-refractivity contribution in [3.8, 4) is 11.3 Å². The first-order chi connectivity index (χ1) is 11.6. The van der Waals surface area contributed by atoms with E-state index in [2.05, 4.69) is 10.2 Å². The Hall–Kier alpha value is -2.63. The van der Waals surface area contributed by atoms with Crippen LogP contribution >= 0.6 is 0 Å². The van der Waals surface area contributed by atoms with Gasteiger partial charge >= 0.3 is 5.97 Å². The van der Waals surface area contributed by atoms with Gasteiger partial charge in [0, 0.05) is 18.7 Å². The van der Waals surface area contributed by atoms with Crippen molar-refractivity contribution in [2.24, 2.45) is 17.8 Å². The highest BCUT2D eigenvalue weighted by molar-refractivity contribution is 5.94. The van der Waals surface area contributed by atoms with Crippen molar-refractivity contribution in [1.29, 1.82) is 0 Å². The molecular formula is C18H19N3O3. The van der Waals surface area contributed by atoms with E-state index in [4.69, 9.17) is 0 Å². The number of carboxylic acid groups (broad SMARTS) is 1. The number of rotatable bonds is 4. The highest BCUT2D eigenvalue weighted by Gasteiger charge is 2.47. The highest BCUT2D eigenvalue weighted by Crippen LogP contribution is 2.44. The molecule has 1 aromatic heterocycles. The summed E-state index contributed by atoms with van der Waals surface area (Å²) < 4.78 is 0. The summed E-state index contributed by atoms with van der Waals surface area (Å²) in [6.45, 7) is 0.815. The molecule has 124 valence electrons. The molecular weight excluding hydrogens is 306 g/mol. The molecule has 1 aromatic carbocycles. The van der Waals surface area contributed by atoms with Gasteiger partial charge in [0.2, 0.25) is 0 Å². The molecule has 6 heteroatoms. The molecule has 0 radical (unpaired) electrons. The van der Waals surface area contributed by atoms with Crippen LogP contribution < -0.4 is 0 Å². The predicted molar refractivity (Wildman–Crippen MR) is 87.3 cm³/mol. The Morgan fingerprint density at radius 1 is 1.17 bits per heavy atom. The number of benzene rings is 1. The quantitative estimate of drug-likeness (QED) is 0.903. The number of aromatic amines is 1. The van der Waals surface area contributed by atoms with Crippen molar-refractivity contribution < 1.29 is 14.7 Å². The molecule has 1 aliphatic carbocycles. The van der Waals surface area contributed by atoms with E-state index in [1.54, 1.807) is 11.0 Å². The fraction of sp³-hybridized carbons (Fsp3) is 0.389. The summed E-state index contributed by atoms with van der Waals surface area (Å²) in [4.78, 5) is 25.8. The van der Waals surface area contributed by atoms with Crippen LogP contribution in [0.25, 0.3) is 11.3 Å². The van der Waals surface area contributed by atoms with Crippen LogP contribution in [0.5, 0.6) is 0 Å². The number of hydrogen-bond donors (Lipinski definition) is 2. The maximum Gasteiger partial charge on any atom is 0.308 e. The number of carbonyl (C=O) groups excluding carboxylic acids is 1. The Morgan fingerprint density at radius 2 is 1.92 bits per heavy atom. The van der Waals surface area contributed by atoms with E-state index in [0.29, 0.717) is 23.9 Å². The van der Waals surface area contributed by atoms with Crippen LogP contribution in [0.2, 0.25) is 0 Å². The number of carboxylic acids is 1. The average molecular weight is 325 g/mol. The van der Waals surface area contributed by atoms with E-state index in [1.807, 2.05) is 30.3 Å². The molecule has 1 saturated heterocycles. The Kier molecular flexibility index (Phi) is 3.59. The summed E-state index contributed by atoms with van der Waals surface area (Å²) in [6, 6.07) is 11.4. The lowest BCUT2D eigenvalue weighted by atomic mass is 9.92. The number of aliphatic carboxylic acids is 1. The summed E-state index contributed by atoms with van der Waals surface area (Å²) in [5.74, 6) is -0.859. The molecule has 2 heterocycles. The van der Waals surface area contributed by atoms with Gasteiger partial charge in [0.15, 0.2) is 0 Å². The Balaban J connectivity index is 1.52. The molecule has 24 heavy (non-hydrogen) atoms. The lowest BCUT2D eigenvalue weighted by Gasteiger charge is -2.14. The van der Waals surface area contributed by atoms with Gasteiger partial charge in [0.25, 0.3) is 5.91 Å². The minimum absolute atomic E-state index is 0.0861. The number of carbonyl (C=O) groups is 2. The second-order valence-electron chi connectivity index (χ2n) is 6.69. The van der Waals surface area contributed by atoms with Gasteiger partial charge in [-0.25, -0.2) is 0 Å². The zero-order valence-electron chi connectivity index (χ0n) is 13.2. The third-order valence-corrected chi connectivity index (χ3v) is 5.07. The first kappa shape index (κ1) is 14.9. The predicted octanol–water partition coefficient (Wildman–Crippen LogP) is 2.26. The third-order valence-electron chi connectivity index (χ3n) is 5.07. The smallest absolute Gasteiger partial charge is 0.308 e. The Labute approximate surface area is 139 Å². The number of amides is 1. The highest BCUT2D eigenvalue weighted by atomic mass is 16.4. The first-order valence-corrected chi connectivity index (χ1v) is 8.26. The van der Waals surface area contributed by atoms with E-state index < -0.39 is 11.9 Å². The second-order valence-corrected chi connectivity index (χ2v) is 6.69. The van der Waals surface area contributed by atoms with Gasteiger partial charge in [-0.05, 0) is 30.7 Å². The SMILES string of the molecule is O=C(O)[C@H]1CN(C(=O)c2cc(-c3ccccc3)n[nH]2)C[C@@H]1C1CC1. The van der Waals surface area contributed by atoms with Gasteiger partial charge in [0.1, 0.15) is 5.69 Å². The van der Waals surface area contributed by atoms with Crippen molar-refractivity contribution in [3.63, 3.8) is 0 Å². The minimum atomic E-state index is -0.795. The van der Waals surface area contributed by atoms with Crippen molar-refractivity contribution in [3.05, 3.63) is 42.1 Å². The van der Waals surface area contributed by atoms with Crippen molar-refractivity contribution in [2.45, 2.75) is 12.8 Å².